The highest BCUT2D eigenvalue weighted by atomic mass is 79.9. The number of aliphatic hydroxyl groups is 2. The van der Waals surface area contributed by atoms with E-state index in [4.69, 9.17) is 5.14 Å². The number of aliphatic hydroxyl groups excluding tert-OH is 1. The number of carbonyl (C=O) groups is 1. The lowest BCUT2D eigenvalue weighted by Crippen LogP contribution is -2.48. The van der Waals surface area contributed by atoms with Crippen molar-refractivity contribution in [3.63, 3.8) is 0 Å². The van der Waals surface area contributed by atoms with Crippen molar-refractivity contribution in [2.45, 2.75) is 31.1 Å². The molecule has 0 aliphatic heterocycles. The minimum absolute atomic E-state index is 0.0569. The molecule has 0 spiro atoms. The normalized spacial score (nSPS) is 22.3. The van der Waals surface area contributed by atoms with Crippen molar-refractivity contribution in [1.82, 2.24) is 9.97 Å². The molecular formula is C22H23BrN4O6S2. The van der Waals surface area contributed by atoms with E-state index in [1.165, 1.54) is 23.9 Å². The number of nitrogens with two attached hydrogens (primary N) is 1. The summed E-state index contributed by atoms with van der Waals surface area (Å²) in [7, 11) is -4.18. The Bertz CT molecular complexity index is 1330. The first-order valence-corrected chi connectivity index (χ1v) is 13.7. The second-order valence-electron chi connectivity index (χ2n) is 8.31. The Morgan fingerprint density at radius 1 is 1.34 bits per heavy atom. The fourth-order valence-electron chi connectivity index (χ4n) is 4.00. The standard InChI is InChI=1S/C22H23BrN4O6S2/c23-16-3-1-2-13(7-16)6-14-8-18(34-11-14)19(28)17-9-25-12-26-21(17)27-22(30)5-4-15(20(22)29)10-33-35(24,31)32/h1-3,7-9,11-12,15,20,29-30H,4-6,10H2,(H2,24,31,32)(H,25,26,27)/t15-,20-,22+/m1/s1. The summed E-state index contributed by atoms with van der Waals surface area (Å²) in [5, 5.41) is 31.1. The molecule has 3 aromatic rings. The lowest BCUT2D eigenvalue weighted by molar-refractivity contribution is -0.0527. The van der Waals surface area contributed by atoms with Crippen LogP contribution in [0.1, 0.15) is 39.2 Å². The number of nitrogens with zero attached hydrogens (tertiary/aromatic N) is 2. The van der Waals surface area contributed by atoms with Gasteiger partial charge in [0.25, 0.3) is 0 Å². The molecule has 186 valence electrons. The molecule has 10 nitrogen and oxygen atoms in total. The zero-order chi connectivity index (χ0) is 25.2. The fourth-order valence-corrected chi connectivity index (χ4v) is 5.67. The Labute approximate surface area is 214 Å². The number of hydrogen-bond acceptors (Lipinski definition) is 10. The number of benzene rings is 1. The van der Waals surface area contributed by atoms with Crippen molar-refractivity contribution < 1.29 is 27.6 Å². The highest BCUT2D eigenvalue weighted by Gasteiger charge is 2.47. The molecule has 5 N–H and O–H groups in total. The molecule has 1 aliphatic carbocycles. The van der Waals surface area contributed by atoms with Gasteiger partial charge in [0.15, 0.2) is 5.72 Å². The van der Waals surface area contributed by atoms with Gasteiger partial charge < -0.3 is 15.5 Å². The maximum atomic E-state index is 13.3. The summed E-state index contributed by atoms with van der Waals surface area (Å²) in [6.45, 7) is -0.379. The fraction of sp³-hybridized carbons (Fsp3) is 0.318. The number of thiophene rings is 1. The molecule has 0 amide bonds. The SMILES string of the molecule is NS(=O)(=O)OC[C@H]1CC[C@@](O)(Nc2ncncc2C(=O)c2cc(Cc3cccc(Br)c3)cs2)[C@@H]1O. The van der Waals surface area contributed by atoms with Crippen LogP contribution < -0.4 is 10.5 Å². The largest absolute Gasteiger partial charge is 0.388 e. The van der Waals surface area contributed by atoms with Crippen molar-refractivity contribution in [3.05, 3.63) is 74.3 Å². The van der Waals surface area contributed by atoms with Crippen LogP contribution in [-0.2, 0) is 20.9 Å². The molecule has 13 heteroatoms. The first-order chi connectivity index (χ1) is 16.5. The number of halogens is 1. The predicted octanol–water partition coefficient (Wildman–Crippen LogP) is 2.21. The Kier molecular flexibility index (Phi) is 7.66. The molecule has 2 heterocycles. The minimum atomic E-state index is -4.18. The highest BCUT2D eigenvalue weighted by molar-refractivity contribution is 9.10. The number of aromatic nitrogens is 2. The molecule has 1 fully saturated rings. The van der Waals surface area contributed by atoms with Gasteiger partial charge in [0.05, 0.1) is 17.0 Å². The Morgan fingerprint density at radius 2 is 2.14 bits per heavy atom. The maximum absolute atomic E-state index is 13.3. The predicted molar refractivity (Wildman–Crippen MR) is 133 cm³/mol. The van der Waals surface area contributed by atoms with E-state index in [1.54, 1.807) is 0 Å². The van der Waals surface area contributed by atoms with Gasteiger partial charge >= 0.3 is 10.3 Å². The number of ketones is 1. The summed E-state index contributed by atoms with van der Waals surface area (Å²) < 4.78 is 27.7. The lowest BCUT2D eigenvalue weighted by Gasteiger charge is -2.30. The van der Waals surface area contributed by atoms with Crippen LogP contribution in [0.25, 0.3) is 0 Å². The second-order valence-corrected chi connectivity index (χ2v) is 11.4. The van der Waals surface area contributed by atoms with E-state index in [1.807, 2.05) is 35.7 Å². The number of anilines is 1. The summed E-state index contributed by atoms with van der Waals surface area (Å²) in [6.07, 6.45) is 2.17. The van der Waals surface area contributed by atoms with Crippen LogP contribution in [-0.4, -0.2) is 52.8 Å². The lowest BCUT2D eigenvalue weighted by atomic mass is 10.0. The van der Waals surface area contributed by atoms with Crippen molar-refractivity contribution >= 4 is 49.2 Å². The van der Waals surface area contributed by atoms with Crippen LogP contribution in [0.4, 0.5) is 5.82 Å². The van der Waals surface area contributed by atoms with Gasteiger partial charge in [0.2, 0.25) is 5.78 Å². The number of carbonyl (C=O) groups excluding carboxylic acids is 1. The van der Waals surface area contributed by atoms with E-state index < -0.39 is 28.1 Å². The molecule has 4 rings (SSSR count). The van der Waals surface area contributed by atoms with Gasteiger partial charge in [0.1, 0.15) is 18.2 Å². The molecular weight excluding hydrogens is 560 g/mol. The molecule has 1 aromatic carbocycles. The maximum Gasteiger partial charge on any atom is 0.333 e. The molecule has 0 radical (unpaired) electrons. The van der Waals surface area contributed by atoms with Crippen LogP contribution in [0.2, 0.25) is 0 Å². The highest BCUT2D eigenvalue weighted by Crippen LogP contribution is 2.36. The third-order valence-electron chi connectivity index (χ3n) is 5.75. The van der Waals surface area contributed by atoms with Gasteiger partial charge in [-0.05, 0) is 54.0 Å². The number of rotatable bonds is 9. The van der Waals surface area contributed by atoms with E-state index in [0.717, 1.165) is 15.6 Å². The van der Waals surface area contributed by atoms with E-state index in [0.29, 0.717) is 11.3 Å². The average molecular weight is 583 g/mol. The number of nitrogens with one attached hydrogen (secondary N) is 1. The number of hydrogen-bond donors (Lipinski definition) is 4. The van der Waals surface area contributed by atoms with E-state index in [-0.39, 0.29) is 36.6 Å². The molecule has 1 aliphatic rings. The summed E-state index contributed by atoms with van der Waals surface area (Å²) in [6, 6.07) is 9.73. The van der Waals surface area contributed by atoms with Crippen LogP contribution >= 0.6 is 27.3 Å². The van der Waals surface area contributed by atoms with Gasteiger partial charge in [-0.3, -0.25) is 8.98 Å². The topological polar surface area (TPSA) is 165 Å². The Balaban J connectivity index is 1.49. The monoisotopic (exact) mass is 582 g/mol. The van der Waals surface area contributed by atoms with Crippen LogP contribution in [0, 0.1) is 5.92 Å². The minimum Gasteiger partial charge on any atom is -0.388 e. The molecule has 0 bridgehead atoms. The first kappa shape index (κ1) is 25.8. The third-order valence-corrected chi connectivity index (χ3v) is 7.68. The van der Waals surface area contributed by atoms with Crippen LogP contribution in [0.5, 0.6) is 0 Å². The van der Waals surface area contributed by atoms with Gasteiger partial charge in [-0.1, -0.05) is 28.1 Å². The third kappa shape index (κ3) is 6.30. The molecule has 1 saturated carbocycles. The van der Waals surface area contributed by atoms with E-state index >= 15 is 0 Å². The Morgan fingerprint density at radius 3 is 2.89 bits per heavy atom. The van der Waals surface area contributed by atoms with Gasteiger partial charge in [-0.25, -0.2) is 15.1 Å². The first-order valence-electron chi connectivity index (χ1n) is 10.6. The molecule has 0 unspecified atom stereocenters. The van der Waals surface area contributed by atoms with Crippen LogP contribution in [0.15, 0.2) is 52.7 Å². The van der Waals surface area contributed by atoms with Crippen molar-refractivity contribution in [3.8, 4) is 0 Å². The van der Waals surface area contributed by atoms with E-state index in [9.17, 15) is 23.4 Å². The summed E-state index contributed by atoms with van der Waals surface area (Å²) in [5.41, 5.74) is 0.357. The average Bonchev–Trinajstić information content (AvgIpc) is 3.37. The Hall–Kier alpha value is -2.26. The zero-order valence-corrected chi connectivity index (χ0v) is 21.5. The van der Waals surface area contributed by atoms with Gasteiger partial charge in [-0.2, -0.15) is 8.42 Å². The van der Waals surface area contributed by atoms with Crippen molar-refractivity contribution in [2.75, 3.05) is 11.9 Å². The quantitative estimate of drug-likeness (QED) is 0.218. The summed E-state index contributed by atoms with van der Waals surface area (Å²) in [5.74, 6) is -0.963. The smallest absolute Gasteiger partial charge is 0.333 e. The molecule has 2 aromatic heterocycles. The summed E-state index contributed by atoms with van der Waals surface area (Å²) >= 11 is 4.75. The van der Waals surface area contributed by atoms with Gasteiger partial charge in [0, 0.05) is 16.6 Å². The molecule has 3 atom stereocenters. The van der Waals surface area contributed by atoms with Gasteiger partial charge in [-0.15, -0.1) is 11.3 Å². The van der Waals surface area contributed by atoms with Crippen molar-refractivity contribution in [1.29, 1.82) is 0 Å². The summed E-state index contributed by atoms with van der Waals surface area (Å²) in [4.78, 5) is 21.8. The molecule has 35 heavy (non-hydrogen) atoms. The van der Waals surface area contributed by atoms with Crippen molar-refractivity contribution in [2.24, 2.45) is 11.1 Å². The second kappa shape index (κ2) is 10.4. The van der Waals surface area contributed by atoms with Crippen LogP contribution in [0.3, 0.4) is 0 Å². The zero-order valence-electron chi connectivity index (χ0n) is 18.3. The molecule has 0 saturated heterocycles. The van der Waals surface area contributed by atoms with E-state index in [2.05, 4.69) is 35.4 Å².